The first-order valence-electron chi connectivity index (χ1n) is 5.95. The predicted molar refractivity (Wildman–Crippen MR) is 76.3 cm³/mol. The largest absolute Gasteiger partial charge is 0.399 e. The molecule has 18 heavy (non-hydrogen) atoms. The zero-order valence-corrected chi connectivity index (χ0v) is 10.2. The molecule has 0 fully saturated rings. The molecule has 0 saturated carbocycles. The Morgan fingerprint density at radius 1 is 1.00 bits per heavy atom. The number of aryl methyl sites for hydroxylation is 1. The number of aromatic nitrogens is 1. The molecule has 0 radical (unpaired) electrons. The van der Waals surface area contributed by atoms with E-state index in [2.05, 4.69) is 36.2 Å². The second kappa shape index (κ2) is 4.15. The number of benzene rings is 2. The molecule has 3 aromatic rings. The Bertz CT molecular complexity index is 712. The van der Waals surface area contributed by atoms with Crippen LogP contribution >= 0.6 is 0 Å². The summed E-state index contributed by atoms with van der Waals surface area (Å²) in [5.41, 5.74) is 10.2. The van der Waals surface area contributed by atoms with Gasteiger partial charge in [0.25, 0.3) is 0 Å². The monoisotopic (exact) mass is 234 g/mol. The van der Waals surface area contributed by atoms with Crippen LogP contribution in [0.4, 0.5) is 5.69 Å². The highest BCUT2D eigenvalue weighted by atomic mass is 14.6. The molecule has 0 aliphatic heterocycles. The second-order valence-electron chi connectivity index (χ2n) is 4.48. The minimum Gasteiger partial charge on any atom is -0.399 e. The van der Waals surface area contributed by atoms with Crippen molar-refractivity contribution in [2.45, 2.75) is 6.92 Å². The van der Waals surface area contributed by atoms with Gasteiger partial charge in [0.2, 0.25) is 0 Å². The van der Waals surface area contributed by atoms with Crippen molar-refractivity contribution < 1.29 is 0 Å². The summed E-state index contributed by atoms with van der Waals surface area (Å²) in [7, 11) is 0. The van der Waals surface area contributed by atoms with Gasteiger partial charge in [-0.1, -0.05) is 24.3 Å². The highest BCUT2D eigenvalue weighted by Gasteiger charge is 2.06. The fourth-order valence-electron chi connectivity index (χ4n) is 2.34. The number of nitrogens with zero attached hydrogens (tertiary/aromatic N) is 1. The van der Waals surface area contributed by atoms with Gasteiger partial charge in [0.05, 0.1) is 0 Å². The number of anilines is 1. The van der Waals surface area contributed by atoms with Crippen LogP contribution in [0.15, 0.2) is 54.9 Å². The minimum absolute atomic E-state index is 0.801. The van der Waals surface area contributed by atoms with E-state index in [0.29, 0.717) is 0 Å². The third kappa shape index (κ3) is 1.72. The summed E-state index contributed by atoms with van der Waals surface area (Å²) in [5.74, 6) is 0. The van der Waals surface area contributed by atoms with Crippen molar-refractivity contribution in [2.24, 2.45) is 0 Å². The summed E-state index contributed by atoms with van der Waals surface area (Å²) in [5, 5.41) is 2.38. The van der Waals surface area contributed by atoms with Crippen LogP contribution in [-0.2, 0) is 0 Å². The number of nitrogens with two attached hydrogens (primary N) is 1. The van der Waals surface area contributed by atoms with Crippen LogP contribution in [0.3, 0.4) is 0 Å². The quantitative estimate of drug-likeness (QED) is 0.650. The minimum atomic E-state index is 0.801. The summed E-state index contributed by atoms with van der Waals surface area (Å²) < 4.78 is 0. The number of fused-ring (bicyclic) bond motifs is 1. The molecular formula is C16H14N2. The highest BCUT2D eigenvalue weighted by Crippen LogP contribution is 2.31. The third-order valence-corrected chi connectivity index (χ3v) is 3.22. The fraction of sp³-hybridized carbons (Fsp3) is 0.0625. The molecule has 2 heteroatoms. The lowest BCUT2D eigenvalue weighted by Crippen LogP contribution is -1.89. The summed E-state index contributed by atoms with van der Waals surface area (Å²) in [6, 6.07) is 14.4. The van der Waals surface area contributed by atoms with Gasteiger partial charge < -0.3 is 5.73 Å². The van der Waals surface area contributed by atoms with E-state index in [4.69, 9.17) is 5.73 Å². The van der Waals surface area contributed by atoms with Gasteiger partial charge in [-0.25, -0.2) is 0 Å². The number of hydrogen-bond donors (Lipinski definition) is 1. The Balaban J connectivity index is 2.31. The molecule has 88 valence electrons. The zero-order chi connectivity index (χ0) is 12.5. The molecular weight excluding hydrogens is 220 g/mol. The van der Waals surface area contributed by atoms with Crippen LogP contribution in [0, 0.1) is 6.92 Å². The summed E-state index contributed by atoms with van der Waals surface area (Å²) in [6.45, 7) is 2.08. The van der Waals surface area contributed by atoms with Gasteiger partial charge in [0.15, 0.2) is 0 Å². The Labute approximate surface area is 106 Å². The molecule has 1 heterocycles. The lowest BCUT2D eigenvalue weighted by molar-refractivity contribution is 1.36. The average molecular weight is 234 g/mol. The van der Waals surface area contributed by atoms with Gasteiger partial charge in [-0.15, -0.1) is 0 Å². The SMILES string of the molecule is Cc1cc(N)ccc1-c1cccc2ccncc12. The molecule has 2 aromatic carbocycles. The number of rotatable bonds is 1. The smallest absolute Gasteiger partial charge is 0.0352 e. The second-order valence-corrected chi connectivity index (χ2v) is 4.48. The molecule has 2 N–H and O–H groups in total. The first kappa shape index (κ1) is 10.8. The van der Waals surface area contributed by atoms with Gasteiger partial charge in [-0.05, 0) is 47.2 Å². The van der Waals surface area contributed by atoms with E-state index in [1.54, 1.807) is 0 Å². The van der Waals surface area contributed by atoms with Crippen LogP contribution in [0.25, 0.3) is 21.9 Å². The van der Waals surface area contributed by atoms with Crippen LogP contribution in [0.5, 0.6) is 0 Å². The summed E-state index contributed by atoms with van der Waals surface area (Å²) in [4.78, 5) is 4.22. The molecule has 0 saturated heterocycles. The van der Waals surface area contributed by atoms with E-state index >= 15 is 0 Å². The van der Waals surface area contributed by atoms with Gasteiger partial charge in [-0.3, -0.25) is 4.98 Å². The van der Waals surface area contributed by atoms with E-state index in [0.717, 1.165) is 5.69 Å². The molecule has 1 aromatic heterocycles. The lowest BCUT2D eigenvalue weighted by Gasteiger charge is -2.10. The van der Waals surface area contributed by atoms with E-state index in [1.807, 2.05) is 30.6 Å². The molecule has 0 spiro atoms. The Morgan fingerprint density at radius 2 is 1.89 bits per heavy atom. The lowest BCUT2D eigenvalue weighted by atomic mass is 9.96. The van der Waals surface area contributed by atoms with E-state index in [-0.39, 0.29) is 0 Å². The third-order valence-electron chi connectivity index (χ3n) is 3.22. The van der Waals surface area contributed by atoms with Crippen molar-refractivity contribution in [3.05, 3.63) is 60.4 Å². The van der Waals surface area contributed by atoms with Crippen molar-refractivity contribution >= 4 is 16.5 Å². The van der Waals surface area contributed by atoms with Gasteiger partial charge in [-0.2, -0.15) is 0 Å². The standard InChI is InChI=1S/C16H14N2/c1-11-9-13(17)5-6-14(11)15-4-2-3-12-7-8-18-10-16(12)15/h2-10H,17H2,1H3. The van der Waals surface area contributed by atoms with Gasteiger partial charge >= 0.3 is 0 Å². The Hall–Kier alpha value is -2.35. The molecule has 0 atom stereocenters. The maximum absolute atomic E-state index is 5.81. The molecule has 0 aliphatic carbocycles. The Kier molecular flexibility index (Phi) is 2.49. The van der Waals surface area contributed by atoms with E-state index < -0.39 is 0 Å². The van der Waals surface area contributed by atoms with E-state index in [9.17, 15) is 0 Å². The van der Waals surface area contributed by atoms with Crippen molar-refractivity contribution in [1.29, 1.82) is 0 Å². The first-order chi connectivity index (χ1) is 8.75. The van der Waals surface area contributed by atoms with Crippen molar-refractivity contribution in [1.82, 2.24) is 4.98 Å². The first-order valence-corrected chi connectivity index (χ1v) is 5.95. The van der Waals surface area contributed by atoms with E-state index in [1.165, 1.54) is 27.5 Å². The van der Waals surface area contributed by atoms with Gasteiger partial charge in [0, 0.05) is 23.5 Å². The normalized spacial score (nSPS) is 10.7. The van der Waals surface area contributed by atoms with Crippen molar-refractivity contribution in [3.63, 3.8) is 0 Å². The number of pyridine rings is 1. The molecule has 0 bridgehead atoms. The maximum atomic E-state index is 5.81. The average Bonchev–Trinajstić information content (AvgIpc) is 2.38. The molecule has 0 aliphatic rings. The topological polar surface area (TPSA) is 38.9 Å². The van der Waals surface area contributed by atoms with Crippen molar-refractivity contribution in [2.75, 3.05) is 5.73 Å². The van der Waals surface area contributed by atoms with Crippen LogP contribution in [0.2, 0.25) is 0 Å². The molecule has 3 rings (SSSR count). The molecule has 2 nitrogen and oxygen atoms in total. The predicted octanol–water partition coefficient (Wildman–Crippen LogP) is 3.79. The zero-order valence-electron chi connectivity index (χ0n) is 10.2. The molecule has 0 amide bonds. The maximum Gasteiger partial charge on any atom is 0.0352 e. The summed E-state index contributed by atoms with van der Waals surface area (Å²) in [6.07, 6.45) is 3.74. The highest BCUT2D eigenvalue weighted by molar-refractivity contribution is 5.96. The van der Waals surface area contributed by atoms with Crippen LogP contribution in [0.1, 0.15) is 5.56 Å². The van der Waals surface area contributed by atoms with Crippen molar-refractivity contribution in [3.8, 4) is 11.1 Å². The number of nitrogen functional groups attached to an aromatic ring is 1. The van der Waals surface area contributed by atoms with Crippen LogP contribution < -0.4 is 5.73 Å². The molecule has 0 unspecified atom stereocenters. The number of hydrogen-bond acceptors (Lipinski definition) is 2. The Morgan fingerprint density at radius 3 is 2.72 bits per heavy atom. The van der Waals surface area contributed by atoms with Gasteiger partial charge in [0.1, 0.15) is 0 Å². The summed E-state index contributed by atoms with van der Waals surface area (Å²) >= 11 is 0. The fourth-order valence-corrected chi connectivity index (χ4v) is 2.34. The van der Waals surface area contributed by atoms with Crippen LogP contribution in [-0.4, -0.2) is 4.98 Å².